The highest BCUT2D eigenvalue weighted by atomic mass is 16.4. The van der Waals surface area contributed by atoms with Crippen LogP contribution in [0.1, 0.15) is 70.6 Å². The predicted molar refractivity (Wildman–Crippen MR) is 92.7 cm³/mol. The van der Waals surface area contributed by atoms with Crippen LogP contribution in [-0.4, -0.2) is 47.1 Å². The number of hydrogen-bond acceptors (Lipinski definition) is 3. The third-order valence-electron chi connectivity index (χ3n) is 6.43. The van der Waals surface area contributed by atoms with Gasteiger partial charge >= 0.3 is 5.97 Å². The predicted octanol–water partition coefficient (Wildman–Crippen LogP) is 2.79. The number of hydrogen-bond donors (Lipinski definition) is 2. The van der Waals surface area contributed by atoms with Gasteiger partial charge in [-0.3, -0.25) is 14.5 Å². The topological polar surface area (TPSA) is 69.6 Å². The van der Waals surface area contributed by atoms with Gasteiger partial charge in [-0.15, -0.1) is 0 Å². The lowest BCUT2D eigenvalue weighted by Gasteiger charge is -2.32. The molecule has 2 saturated carbocycles. The highest BCUT2D eigenvalue weighted by molar-refractivity contribution is 5.80. The van der Waals surface area contributed by atoms with Crippen LogP contribution in [0, 0.1) is 11.8 Å². The molecule has 5 nitrogen and oxygen atoms in total. The van der Waals surface area contributed by atoms with Gasteiger partial charge in [-0.1, -0.05) is 44.9 Å². The van der Waals surface area contributed by atoms with E-state index < -0.39 is 12.0 Å². The van der Waals surface area contributed by atoms with Crippen LogP contribution in [0.4, 0.5) is 0 Å². The summed E-state index contributed by atoms with van der Waals surface area (Å²) in [6.07, 6.45) is 12.9. The van der Waals surface area contributed by atoms with E-state index in [0.29, 0.717) is 12.0 Å². The molecule has 0 aromatic carbocycles. The number of nitrogens with one attached hydrogen (secondary N) is 1. The van der Waals surface area contributed by atoms with E-state index >= 15 is 0 Å². The van der Waals surface area contributed by atoms with Crippen molar-refractivity contribution in [3.8, 4) is 0 Å². The molecule has 3 fully saturated rings. The van der Waals surface area contributed by atoms with Gasteiger partial charge in [0.1, 0.15) is 6.04 Å². The first-order valence-corrected chi connectivity index (χ1v) is 9.90. The van der Waals surface area contributed by atoms with Crippen molar-refractivity contribution >= 4 is 11.9 Å². The molecular weight excluding hydrogens is 304 g/mol. The third kappa shape index (κ3) is 4.29. The monoisotopic (exact) mass is 336 g/mol. The van der Waals surface area contributed by atoms with Gasteiger partial charge in [-0.25, -0.2) is 0 Å². The van der Waals surface area contributed by atoms with Gasteiger partial charge in [0.15, 0.2) is 0 Å². The normalized spacial score (nSPS) is 31.6. The number of nitrogens with zero attached hydrogens (tertiary/aromatic N) is 1. The molecule has 2 N–H and O–H groups in total. The minimum absolute atomic E-state index is 0.00304. The lowest BCUT2D eigenvalue weighted by atomic mass is 9.85. The zero-order chi connectivity index (χ0) is 16.9. The van der Waals surface area contributed by atoms with Crippen molar-refractivity contribution in [3.05, 3.63) is 0 Å². The second-order valence-electron chi connectivity index (χ2n) is 8.02. The van der Waals surface area contributed by atoms with E-state index in [1.54, 1.807) is 0 Å². The molecule has 0 spiro atoms. The van der Waals surface area contributed by atoms with Crippen molar-refractivity contribution in [2.45, 2.75) is 82.7 Å². The van der Waals surface area contributed by atoms with E-state index in [9.17, 15) is 14.7 Å². The first kappa shape index (κ1) is 17.7. The summed E-state index contributed by atoms with van der Waals surface area (Å²) in [6, 6.07) is -0.175. The molecule has 0 bridgehead atoms. The number of aliphatic carboxylic acids is 1. The fourth-order valence-electron chi connectivity index (χ4n) is 5.14. The maximum Gasteiger partial charge on any atom is 0.320 e. The van der Waals surface area contributed by atoms with Crippen LogP contribution in [0.2, 0.25) is 0 Å². The Labute approximate surface area is 145 Å². The van der Waals surface area contributed by atoms with Crippen molar-refractivity contribution in [3.63, 3.8) is 0 Å². The Bertz CT molecular complexity index is 448. The molecule has 3 rings (SSSR count). The number of carboxylic acids is 1. The van der Waals surface area contributed by atoms with Crippen LogP contribution in [0.3, 0.4) is 0 Å². The van der Waals surface area contributed by atoms with Crippen molar-refractivity contribution in [2.24, 2.45) is 11.8 Å². The number of carboxylic acid groups (broad SMARTS) is 1. The Morgan fingerprint density at radius 3 is 2.46 bits per heavy atom. The smallest absolute Gasteiger partial charge is 0.320 e. The van der Waals surface area contributed by atoms with Crippen LogP contribution in [-0.2, 0) is 9.59 Å². The van der Waals surface area contributed by atoms with E-state index in [-0.39, 0.29) is 12.5 Å². The molecule has 0 aromatic rings. The summed E-state index contributed by atoms with van der Waals surface area (Å²) >= 11 is 0. The summed E-state index contributed by atoms with van der Waals surface area (Å²) < 4.78 is 0. The Morgan fingerprint density at radius 1 is 1.00 bits per heavy atom. The molecule has 3 aliphatic rings. The lowest BCUT2D eigenvalue weighted by Crippen LogP contribution is -2.47. The van der Waals surface area contributed by atoms with Crippen LogP contribution in [0.15, 0.2) is 0 Å². The van der Waals surface area contributed by atoms with E-state index in [1.807, 2.05) is 4.90 Å². The zero-order valence-corrected chi connectivity index (χ0v) is 14.7. The highest BCUT2D eigenvalue weighted by Gasteiger charge is 2.45. The zero-order valence-electron chi connectivity index (χ0n) is 14.7. The minimum atomic E-state index is -0.764. The number of fused-ring (bicyclic) bond motifs is 1. The number of carbonyl (C=O) groups excluding carboxylic acids is 1. The molecule has 3 unspecified atom stereocenters. The third-order valence-corrected chi connectivity index (χ3v) is 6.43. The summed E-state index contributed by atoms with van der Waals surface area (Å²) in [5, 5.41) is 12.6. The van der Waals surface area contributed by atoms with Gasteiger partial charge in [-0.2, -0.15) is 0 Å². The molecule has 5 heteroatoms. The standard InChI is InChI=1S/C19H32N2O3/c22-18(20-11-10-14-6-2-1-3-7-14)13-21-16-9-5-4-8-15(16)12-17(21)19(23)24/h14-17H,1-13H2,(H,20,22)(H,23,24). The average molecular weight is 336 g/mol. The van der Waals surface area contributed by atoms with Crippen LogP contribution in [0.5, 0.6) is 0 Å². The maximum atomic E-state index is 12.3. The van der Waals surface area contributed by atoms with Gasteiger partial charge in [0.05, 0.1) is 6.54 Å². The van der Waals surface area contributed by atoms with E-state index in [2.05, 4.69) is 5.32 Å². The lowest BCUT2D eigenvalue weighted by molar-refractivity contribution is -0.143. The van der Waals surface area contributed by atoms with Crippen LogP contribution in [0.25, 0.3) is 0 Å². The summed E-state index contributed by atoms with van der Waals surface area (Å²) in [6.45, 7) is 0.992. The van der Waals surface area contributed by atoms with Crippen molar-refractivity contribution in [2.75, 3.05) is 13.1 Å². The van der Waals surface area contributed by atoms with Gasteiger partial charge < -0.3 is 10.4 Å². The van der Waals surface area contributed by atoms with E-state index in [1.165, 1.54) is 38.5 Å². The van der Waals surface area contributed by atoms with Crippen molar-refractivity contribution in [1.29, 1.82) is 0 Å². The fraction of sp³-hybridized carbons (Fsp3) is 0.895. The van der Waals surface area contributed by atoms with Gasteiger partial charge in [0.25, 0.3) is 0 Å². The van der Waals surface area contributed by atoms with E-state index in [0.717, 1.165) is 44.6 Å². The van der Waals surface area contributed by atoms with Gasteiger partial charge in [0.2, 0.25) is 5.91 Å². The number of rotatable bonds is 6. The Morgan fingerprint density at radius 2 is 1.71 bits per heavy atom. The largest absolute Gasteiger partial charge is 0.480 e. The number of amides is 1. The number of likely N-dealkylation sites (tertiary alicyclic amines) is 1. The molecule has 0 radical (unpaired) electrons. The molecule has 24 heavy (non-hydrogen) atoms. The average Bonchev–Trinajstić information content (AvgIpc) is 2.95. The van der Waals surface area contributed by atoms with Crippen molar-refractivity contribution < 1.29 is 14.7 Å². The summed E-state index contributed by atoms with van der Waals surface area (Å²) in [4.78, 5) is 25.9. The molecule has 1 amide bonds. The summed E-state index contributed by atoms with van der Waals surface area (Å²) in [5.41, 5.74) is 0. The molecular formula is C19H32N2O3. The van der Waals surface area contributed by atoms with Crippen LogP contribution < -0.4 is 5.32 Å². The van der Waals surface area contributed by atoms with Gasteiger partial charge in [0, 0.05) is 12.6 Å². The molecule has 1 aliphatic heterocycles. The fourth-order valence-corrected chi connectivity index (χ4v) is 5.14. The maximum absolute atomic E-state index is 12.3. The molecule has 2 aliphatic carbocycles. The molecule has 136 valence electrons. The quantitative estimate of drug-likeness (QED) is 0.782. The first-order valence-electron chi connectivity index (χ1n) is 9.90. The second-order valence-corrected chi connectivity index (χ2v) is 8.02. The molecule has 0 aromatic heterocycles. The SMILES string of the molecule is O=C(CN1C(C(=O)O)CC2CCCCC21)NCCC1CCCCC1. The number of carbonyl (C=O) groups is 2. The highest BCUT2D eigenvalue weighted by Crippen LogP contribution is 2.39. The summed E-state index contributed by atoms with van der Waals surface area (Å²) in [7, 11) is 0. The molecule has 1 heterocycles. The molecule has 1 saturated heterocycles. The Balaban J connectivity index is 1.47. The van der Waals surface area contributed by atoms with Crippen LogP contribution >= 0.6 is 0 Å². The molecule has 3 atom stereocenters. The summed E-state index contributed by atoms with van der Waals surface area (Å²) in [5.74, 6) is 0.470. The Kier molecular flexibility index (Phi) is 6.14. The van der Waals surface area contributed by atoms with Crippen molar-refractivity contribution in [1.82, 2.24) is 10.2 Å². The minimum Gasteiger partial charge on any atom is -0.480 e. The second kappa shape index (κ2) is 8.32. The Hall–Kier alpha value is -1.10. The van der Waals surface area contributed by atoms with E-state index in [4.69, 9.17) is 0 Å². The first-order chi connectivity index (χ1) is 11.6. The van der Waals surface area contributed by atoms with Gasteiger partial charge in [-0.05, 0) is 37.5 Å².